The molecule has 0 radical (unpaired) electrons. The fourth-order valence-corrected chi connectivity index (χ4v) is 3.24. The van der Waals surface area contributed by atoms with Gasteiger partial charge in [-0.05, 0) is 24.6 Å². The van der Waals surface area contributed by atoms with Crippen molar-refractivity contribution in [3.05, 3.63) is 89.3 Å². The van der Waals surface area contributed by atoms with Gasteiger partial charge in [0.2, 0.25) is 0 Å². The van der Waals surface area contributed by atoms with Crippen LogP contribution in [0.1, 0.15) is 27.2 Å². The van der Waals surface area contributed by atoms with Crippen molar-refractivity contribution in [1.82, 2.24) is 4.57 Å². The number of amides is 1. The van der Waals surface area contributed by atoms with E-state index in [1.54, 1.807) is 10.6 Å². The maximum Gasteiger partial charge on any atom is 0.418 e. The third-order valence-corrected chi connectivity index (χ3v) is 4.70. The lowest BCUT2D eigenvalue weighted by Crippen LogP contribution is -2.20. The van der Waals surface area contributed by atoms with Gasteiger partial charge < -0.3 is 14.3 Å². The van der Waals surface area contributed by atoms with E-state index in [1.165, 1.54) is 30.5 Å². The molecule has 29 heavy (non-hydrogen) atoms. The zero-order valence-electron chi connectivity index (χ0n) is 15.5. The molecule has 7 heteroatoms. The molecule has 0 unspecified atom stereocenters. The first-order chi connectivity index (χ1) is 13.8. The van der Waals surface area contributed by atoms with Crippen LogP contribution in [0.2, 0.25) is 0 Å². The summed E-state index contributed by atoms with van der Waals surface area (Å²) in [5, 5.41) is 2.40. The Balaban J connectivity index is 1.70. The zero-order chi connectivity index (χ0) is 20.6. The lowest BCUT2D eigenvalue weighted by molar-refractivity contribution is -0.136. The molecule has 0 spiro atoms. The molecule has 0 bridgehead atoms. The van der Waals surface area contributed by atoms with Crippen LogP contribution in [0.4, 0.5) is 18.9 Å². The number of anilines is 1. The van der Waals surface area contributed by atoms with E-state index in [0.29, 0.717) is 17.6 Å². The van der Waals surface area contributed by atoms with E-state index in [2.05, 4.69) is 5.32 Å². The third kappa shape index (κ3) is 3.76. The maximum absolute atomic E-state index is 13.2. The Morgan fingerprint density at radius 3 is 2.52 bits per heavy atom. The van der Waals surface area contributed by atoms with E-state index in [0.717, 1.165) is 17.2 Å². The Labute approximate surface area is 164 Å². The predicted octanol–water partition coefficient (Wildman–Crippen LogP) is 5.86. The van der Waals surface area contributed by atoms with Crippen LogP contribution in [-0.2, 0) is 12.7 Å². The van der Waals surface area contributed by atoms with Crippen molar-refractivity contribution in [3.63, 3.8) is 0 Å². The summed E-state index contributed by atoms with van der Waals surface area (Å²) >= 11 is 0. The van der Waals surface area contributed by atoms with Crippen molar-refractivity contribution >= 4 is 22.7 Å². The van der Waals surface area contributed by atoms with E-state index in [1.807, 2.05) is 31.2 Å². The van der Waals surface area contributed by atoms with Crippen LogP contribution in [0, 0.1) is 6.92 Å². The van der Waals surface area contributed by atoms with Crippen LogP contribution in [0.3, 0.4) is 0 Å². The van der Waals surface area contributed by atoms with Crippen LogP contribution in [0.15, 0.2) is 71.3 Å². The SMILES string of the molecule is Cc1ccc(Cn2c(C(=O)Nc3ccccc3C(F)(F)F)cc3occc32)cc1. The number of aromatic nitrogens is 1. The van der Waals surface area contributed by atoms with Gasteiger partial charge in [-0.2, -0.15) is 13.2 Å². The molecule has 1 amide bonds. The quantitative estimate of drug-likeness (QED) is 0.468. The number of halogens is 3. The molecule has 2 heterocycles. The molecule has 0 aliphatic heterocycles. The van der Waals surface area contributed by atoms with Crippen LogP contribution in [0.25, 0.3) is 11.1 Å². The Morgan fingerprint density at radius 1 is 1.07 bits per heavy atom. The van der Waals surface area contributed by atoms with Crippen molar-refractivity contribution in [2.75, 3.05) is 5.32 Å². The van der Waals surface area contributed by atoms with E-state index in [-0.39, 0.29) is 11.4 Å². The van der Waals surface area contributed by atoms with Gasteiger partial charge in [-0.15, -0.1) is 0 Å². The number of fused-ring (bicyclic) bond motifs is 1. The number of rotatable bonds is 4. The number of para-hydroxylation sites is 1. The molecule has 1 N–H and O–H groups in total. The maximum atomic E-state index is 13.2. The predicted molar refractivity (Wildman–Crippen MR) is 104 cm³/mol. The highest BCUT2D eigenvalue weighted by Crippen LogP contribution is 2.35. The average molecular weight is 398 g/mol. The molecular weight excluding hydrogens is 381 g/mol. The van der Waals surface area contributed by atoms with Crippen molar-refractivity contribution in [3.8, 4) is 0 Å². The third-order valence-electron chi connectivity index (χ3n) is 4.70. The Hall–Kier alpha value is -3.48. The number of benzene rings is 2. The monoisotopic (exact) mass is 398 g/mol. The molecule has 2 aromatic heterocycles. The first-order valence-electron chi connectivity index (χ1n) is 8.93. The Kier molecular flexibility index (Phi) is 4.66. The summed E-state index contributed by atoms with van der Waals surface area (Å²) in [6, 6.07) is 16.0. The Bertz CT molecular complexity index is 1170. The highest BCUT2D eigenvalue weighted by molar-refractivity contribution is 6.06. The van der Waals surface area contributed by atoms with Crippen LogP contribution in [-0.4, -0.2) is 10.5 Å². The molecule has 0 saturated carbocycles. The number of carbonyl (C=O) groups is 1. The first kappa shape index (κ1) is 18.9. The molecule has 4 nitrogen and oxygen atoms in total. The number of hydrogen-bond donors (Lipinski definition) is 1. The molecule has 0 atom stereocenters. The summed E-state index contributed by atoms with van der Waals surface area (Å²) in [5.41, 5.74) is 2.29. The van der Waals surface area contributed by atoms with Gasteiger partial charge in [0.05, 0.1) is 23.0 Å². The summed E-state index contributed by atoms with van der Waals surface area (Å²) in [6.07, 6.45) is -3.06. The van der Waals surface area contributed by atoms with Crippen molar-refractivity contribution < 1.29 is 22.4 Å². The second kappa shape index (κ2) is 7.16. The van der Waals surface area contributed by atoms with Crippen molar-refractivity contribution in [2.45, 2.75) is 19.6 Å². The summed E-state index contributed by atoms with van der Waals surface area (Å²) in [6.45, 7) is 2.36. The van der Waals surface area contributed by atoms with Crippen LogP contribution < -0.4 is 5.32 Å². The highest BCUT2D eigenvalue weighted by Gasteiger charge is 2.34. The fourth-order valence-electron chi connectivity index (χ4n) is 3.24. The number of hydrogen-bond acceptors (Lipinski definition) is 2. The first-order valence-corrected chi connectivity index (χ1v) is 8.93. The number of furan rings is 1. The van der Waals surface area contributed by atoms with Gasteiger partial charge in [0.25, 0.3) is 5.91 Å². The van der Waals surface area contributed by atoms with E-state index in [4.69, 9.17) is 4.42 Å². The molecule has 0 aliphatic rings. The second-order valence-electron chi connectivity index (χ2n) is 6.77. The standard InChI is InChI=1S/C22H17F3N2O2/c1-14-6-8-15(9-7-14)13-27-18-10-11-29-20(18)12-19(27)21(28)26-17-5-3-2-4-16(17)22(23,24)25/h2-12H,13H2,1H3,(H,26,28). The van der Waals surface area contributed by atoms with Gasteiger partial charge >= 0.3 is 6.18 Å². The van der Waals surface area contributed by atoms with Gasteiger partial charge in [0.15, 0.2) is 5.58 Å². The van der Waals surface area contributed by atoms with Gasteiger partial charge in [-0.3, -0.25) is 4.79 Å². The summed E-state index contributed by atoms with van der Waals surface area (Å²) < 4.78 is 46.9. The molecule has 2 aromatic carbocycles. The largest absolute Gasteiger partial charge is 0.463 e. The van der Waals surface area contributed by atoms with Crippen molar-refractivity contribution in [2.24, 2.45) is 0 Å². The van der Waals surface area contributed by atoms with E-state index >= 15 is 0 Å². The van der Waals surface area contributed by atoms with Gasteiger partial charge in [0.1, 0.15) is 5.69 Å². The molecule has 0 aliphatic carbocycles. The highest BCUT2D eigenvalue weighted by atomic mass is 19.4. The van der Waals surface area contributed by atoms with Gasteiger partial charge in [-0.25, -0.2) is 0 Å². The average Bonchev–Trinajstić information content (AvgIpc) is 3.26. The second-order valence-corrected chi connectivity index (χ2v) is 6.77. The number of aryl methyl sites for hydroxylation is 1. The molecule has 148 valence electrons. The van der Waals surface area contributed by atoms with Gasteiger partial charge in [0, 0.05) is 18.7 Å². The van der Waals surface area contributed by atoms with E-state index in [9.17, 15) is 18.0 Å². The van der Waals surface area contributed by atoms with E-state index < -0.39 is 17.6 Å². The Morgan fingerprint density at radius 2 is 1.79 bits per heavy atom. The minimum Gasteiger partial charge on any atom is -0.463 e. The minimum absolute atomic E-state index is 0.219. The summed E-state index contributed by atoms with van der Waals surface area (Å²) in [7, 11) is 0. The fraction of sp³-hybridized carbons (Fsp3) is 0.136. The summed E-state index contributed by atoms with van der Waals surface area (Å²) in [4.78, 5) is 12.9. The molecular formula is C22H17F3N2O2. The number of nitrogens with zero attached hydrogens (tertiary/aromatic N) is 1. The minimum atomic E-state index is -4.57. The lowest BCUT2D eigenvalue weighted by Gasteiger charge is -2.15. The smallest absolute Gasteiger partial charge is 0.418 e. The van der Waals surface area contributed by atoms with Crippen molar-refractivity contribution in [1.29, 1.82) is 0 Å². The normalized spacial score (nSPS) is 11.7. The molecule has 0 fully saturated rings. The number of alkyl halides is 3. The zero-order valence-corrected chi connectivity index (χ0v) is 15.5. The summed E-state index contributed by atoms with van der Waals surface area (Å²) in [5.74, 6) is -0.639. The molecule has 0 saturated heterocycles. The van der Waals surface area contributed by atoms with Crippen LogP contribution >= 0.6 is 0 Å². The molecule has 4 aromatic rings. The lowest BCUT2D eigenvalue weighted by atomic mass is 10.1. The topological polar surface area (TPSA) is 47.2 Å². The van der Waals surface area contributed by atoms with Gasteiger partial charge in [-0.1, -0.05) is 42.0 Å². The number of carbonyl (C=O) groups excluding carboxylic acids is 1. The number of nitrogens with one attached hydrogen (secondary N) is 1. The molecule has 4 rings (SSSR count). The van der Waals surface area contributed by atoms with Crippen LogP contribution in [0.5, 0.6) is 0 Å².